The summed E-state index contributed by atoms with van der Waals surface area (Å²) in [6.45, 7) is 6.31. The third kappa shape index (κ3) is 2.49. The number of fused-ring (bicyclic) bond motifs is 1. The minimum atomic E-state index is 0.264. The molecule has 0 bridgehead atoms. The Morgan fingerprint density at radius 3 is 2.78 bits per heavy atom. The molecule has 0 aliphatic carbocycles. The molecule has 0 spiro atoms. The number of hydrogen-bond acceptors (Lipinski definition) is 5. The molecular weight excluding hydrogens is 248 g/mol. The van der Waals surface area contributed by atoms with Gasteiger partial charge in [0.25, 0.3) is 0 Å². The van der Waals surface area contributed by atoms with Gasteiger partial charge in [-0.2, -0.15) is 5.10 Å². The van der Waals surface area contributed by atoms with Gasteiger partial charge in [-0.1, -0.05) is 11.3 Å². The molecule has 2 aromatic rings. The number of anilines is 1. The predicted molar refractivity (Wildman–Crippen MR) is 75.3 cm³/mol. The van der Waals surface area contributed by atoms with E-state index in [-0.39, 0.29) is 6.61 Å². The number of aromatic nitrogens is 3. The molecule has 2 heterocycles. The summed E-state index contributed by atoms with van der Waals surface area (Å²) in [6.07, 6.45) is 1.85. The molecular formula is C12H20N4OS. The van der Waals surface area contributed by atoms with Crippen LogP contribution in [0.2, 0.25) is 0 Å². The summed E-state index contributed by atoms with van der Waals surface area (Å²) < 4.78 is 3.01. The third-order valence-corrected chi connectivity index (χ3v) is 4.24. The van der Waals surface area contributed by atoms with Crippen LogP contribution < -0.4 is 4.90 Å². The van der Waals surface area contributed by atoms with Crippen LogP contribution >= 0.6 is 11.3 Å². The van der Waals surface area contributed by atoms with Crippen LogP contribution in [-0.2, 0) is 7.05 Å². The third-order valence-electron chi connectivity index (χ3n) is 3.02. The number of hydrogen-bond donors (Lipinski definition) is 1. The fraction of sp³-hybridized carbons (Fsp3) is 0.667. The minimum absolute atomic E-state index is 0.264. The van der Waals surface area contributed by atoms with Crippen LogP contribution in [0.1, 0.15) is 25.5 Å². The molecule has 0 atom stereocenters. The molecule has 1 N–H and O–H groups in total. The number of aliphatic hydroxyl groups is 1. The minimum Gasteiger partial charge on any atom is -0.396 e. The van der Waals surface area contributed by atoms with E-state index < -0.39 is 0 Å². The summed E-state index contributed by atoms with van der Waals surface area (Å²) >= 11 is 1.70. The van der Waals surface area contributed by atoms with Crippen molar-refractivity contribution in [2.24, 2.45) is 7.05 Å². The van der Waals surface area contributed by atoms with Crippen molar-refractivity contribution in [2.75, 3.05) is 24.6 Å². The van der Waals surface area contributed by atoms with Crippen molar-refractivity contribution in [3.63, 3.8) is 0 Å². The SMILES string of the molecule is CCN(CCCCO)c1nc2c(s1)c(C)nn2C. The summed E-state index contributed by atoms with van der Waals surface area (Å²) in [5.41, 5.74) is 2.01. The Labute approximate surface area is 111 Å². The Balaban J connectivity index is 2.20. The second-order valence-electron chi connectivity index (χ2n) is 4.37. The highest BCUT2D eigenvalue weighted by atomic mass is 32.1. The molecule has 100 valence electrons. The molecule has 0 saturated heterocycles. The first-order valence-electron chi connectivity index (χ1n) is 6.33. The fourth-order valence-corrected chi connectivity index (χ4v) is 3.13. The van der Waals surface area contributed by atoms with Gasteiger partial charge in [-0.15, -0.1) is 0 Å². The van der Waals surface area contributed by atoms with E-state index in [4.69, 9.17) is 5.11 Å². The van der Waals surface area contributed by atoms with Crippen molar-refractivity contribution in [1.29, 1.82) is 0 Å². The quantitative estimate of drug-likeness (QED) is 0.813. The van der Waals surface area contributed by atoms with Gasteiger partial charge in [0, 0.05) is 26.7 Å². The maximum Gasteiger partial charge on any atom is 0.188 e. The normalized spacial score (nSPS) is 11.3. The maximum atomic E-state index is 8.83. The van der Waals surface area contributed by atoms with Crippen LogP contribution in [0.4, 0.5) is 5.13 Å². The molecule has 0 saturated carbocycles. The molecule has 18 heavy (non-hydrogen) atoms. The van der Waals surface area contributed by atoms with E-state index >= 15 is 0 Å². The van der Waals surface area contributed by atoms with Crippen LogP contribution in [0.25, 0.3) is 10.3 Å². The van der Waals surface area contributed by atoms with Gasteiger partial charge in [0.2, 0.25) is 0 Å². The highest BCUT2D eigenvalue weighted by Gasteiger charge is 2.15. The average Bonchev–Trinajstić information content (AvgIpc) is 2.88. The maximum absolute atomic E-state index is 8.83. The van der Waals surface area contributed by atoms with E-state index in [1.807, 2.05) is 18.7 Å². The lowest BCUT2D eigenvalue weighted by atomic mass is 10.3. The topological polar surface area (TPSA) is 54.2 Å². The predicted octanol–water partition coefficient (Wildman–Crippen LogP) is 1.94. The first kappa shape index (κ1) is 13.3. The molecule has 0 aliphatic heterocycles. The highest BCUT2D eigenvalue weighted by Crippen LogP contribution is 2.30. The number of rotatable bonds is 6. The Hall–Kier alpha value is -1.14. The number of thiazole rings is 1. The zero-order valence-electron chi connectivity index (χ0n) is 11.2. The van der Waals surface area contributed by atoms with Crippen LogP contribution in [0.5, 0.6) is 0 Å². The standard InChI is InChI=1S/C12H20N4OS/c1-4-16(7-5-6-8-17)12-13-11-10(18-12)9(2)14-15(11)3/h17H,4-8H2,1-3H3. The Bertz CT molecular complexity index is 485. The van der Waals surface area contributed by atoms with Crippen LogP contribution in [0, 0.1) is 6.92 Å². The largest absolute Gasteiger partial charge is 0.396 e. The first-order chi connectivity index (χ1) is 8.67. The van der Waals surface area contributed by atoms with E-state index in [9.17, 15) is 0 Å². The second kappa shape index (κ2) is 5.67. The number of aliphatic hydroxyl groups excluding tert-OH is 1. The number of unbranched alkanes of at least 4 members (excludes halogenated alkanes) is 1. The van der Waals surface area contributed by atoms with Gasteiger partial charge in [0.1, 0.15) is 0 Å². The summed E-state index contributed by atoms with van der Waals surface area (Å²) in [7, 11) is 1.93. The van der Waals surface area contributed by atoms with Crippen molar-refractivity contribution < 1.29 is 5.11 Å². The van der Waals surface area contributed by atoms with Crippen molar-refractivity contribution >= 4 is 26.8 Å². The Morgan fingerprint density at radius 2 is 2.17 bits per heavy atom. The molecule has 0 aliphatic rings. The molecule has 2 aromatic heterocycles. The summed E-state index contributed by atoms with van der Waals surface area (Å²) in [5.74, 6) is 0. The molecule has 0 fully saturated rings. The van der Waals surface area contributed by atoms with Gasteiger partial charge in [0.15, 0.2) is 10.8 Å². The Morgan fingerprint density at radius 1 is 1.39 bits per heavy atom. The van der Waals surface area contributed by atoms with Gasteiger partial charge >= 0.3 is 0 Å². The van der Waals surface area contributed by atoms with E-state index in [0.29, 0.717) is 0 Å². The summed E-state index contributed by atoms with van der Waals surface area (Å²) in [6, 6.07) is 0. The summed E-state index contributed by atoms with van der Waals surface area (Å²) in [5, 5.41) is 14.3. The molecule has 0 amide bonds. The van der Waals surface area contributed by atoms with Gasteiger partial charge in [-0.25, -0.2) is 9.67 Å². The van der Waals surface area contributed by atoms with E-state index in [1.165, 1.54) is 4.70 Å². The van der Waals surface area contributed by atoms with Crippen molar-refractivity contribution in [1.82, 2.24) is 14.8 Å². The highest BCUT2D eigenvalue weighted by molar-refractivity contribution is 7.22. The lowest BCUT2D eigenvalue weighted by molar-refractivity contribution is 0.285. The second-order valence-corrected chi connectivity index (χ2v) is 5.35. The van der Waals surface area contributed by atoms with Crippen LogP contribution in [0.3, 0.4) is 0 Å². The van der Waals surface area contributed by atoms with E-state index in [2.05, 4.69) is 21.9 Å². The summed E-state index contributed by atoms with van der Waals surface area (Å²) in [4.78, 5) is 6.93. The zero-order valence-corrected chi connectivity index (χ0v) is 12.0. The van der Waals surface area contributed by atoms with Crippen molar-refractivity contribution in [2.45, 2.75) is 26.7 Å². The van der Waals surface area contributed by atoms with Crippen LogP contribution in [-0.4, -0.2) is 39.6 Å². The fourth-order valence-electron chi connectivity index (χ4n) is 2.01. The van der Waals surface area contributed by atoms with Crippen molar-refractivity contribution in [3.8, 4) is 0 Å². The van der Waals surface area contributed by atoms with E-state index in [1.54, 1.807) is 11.3 Å². The molecule has 0 radical (unpaired) electrons. The molecule has 5 nitrogen and oxygen atoms in total. The van der Waals surface area contributed by atoms with Gasteiger partial charge in [-0.3, -0.25) is 0 Å². The first-order valence-corrected chi connectivity index (χ1v) is 7.15. The number of nitrogens with zero attached hydrogens (tertiary/aromatic N) is 4. The monoisotopic (exact) mass is 268 g/mol. The average molecular weight is 268 g/mol. The zero-order chi connectivity index (χ0) is 13.1. The number of aryl methyl sites for hydroxylation is 2. The van der Waals surface area contributed by atoms with Gasteiger partial charge in [0.05, 0.1) is 10.4 Å². The molecule has 0 aromatic carbocycles. The van der Waals surface area contributed by atoms with Gasteiger partial charge < -0.3 is 10.0 Å². The molecule has 6 heteroatoms. The van der Waals surface area contributed by atoms with Crippen molar-refractivity contribution in [3.05, 3.63) is 5.69 Å². The smallest absolute Gasteiger partial charge is 0.188 e. The molecule has 2 rings (SSSR count). The van der Waals surface area contributed by atoms with Crippen LogP contribution in [0.15, 0.2) is 0 Å². The Kier molecular flexibility index (Phi) is 4.19. The van der Waals surface area contributed by atoms with Gasteiger partial charge in [-0.05, 0) is 26.7 Å². The lowest BCUT2D eigenvalue weighted by Gasteiger charge is -2.19. The lowest BCUT2D eigenvalue weighted by Crippen LogP contribution is -2.23. The van der Waals surface area contributed by atoms with E-state index in [0.717, 1.165) is 42.4 Å². The molecule has 0 unspecified atom stereocenters.